The van der Waals surface area contributed by atoms with Crippen LogP contribution in [0.1, 0.15) is 48.8 Å². The summed E-state index contributed by atoms with van der Waals surface area (Å²) >= 11 is 2.52. The van der Waals surface area contributed by atoms with Crippen LogP contribution in [0.5, 0.6) is 0 Å². The Labute approximate surface area is 222 Å². The minimum Gasteiger partial charge on any atom is -0.366 e. The Morgan fingerprint density at radius 2 is 1.79 bits per heavy atom. The molecule has 0 saturated carbocycles. The molecule has 12 heteroatoms. The van der Waals surface area contributed by atoms with Crippen LogP contribution in [-0.4, -0.2) is 26.4 Å². The van der Waals surface area contributed by atoms with Crippen LogP contribution in [0.15, 0.2) is 60.7 Å². The van der Waals surface area contributed by atoms with Crippen LogP contribution in [-0.2, 0) is 19.0 Å². The number of thiophene rings is 2. The van der Waals surface area contributed by atoms with Gasteiger partial charge in [-0.2, -0.15) is 18.3 Å². The summed E-state index contributed by atoms with van der Waals surface area (Å²) in [5.41, 5.74) is 5.30. The fourth-order valence-corrected chi connectivity index (χ4v) is 5.89. The molecule has 0 spiro atoms. The normalized spacial score (nSPS) is 11.7. The number of aromatic nitrogens is 3. The molecule has 0 radical (unpaired) electrons. The Kier molecular flexibility index (Phi) is 6.76. The predicted octanol–water partition coefficient (Wildman–Crippen LogP) is 6.04. The van der Waals surface area contributed by atoms with Crippen LogP contribution in [0, 0.1) is 0 Å². The van der Waals surface area contributed by atoms with E-state index in [2.05, 4.69) is 15.4 Å². The molecule has 4 heterocycles. The van der Waals surface area contributed by atoms with Gasteiger partial charge in [-0.3, -0.25) is 9.59 Å². The first-order chi connectivity index (χ1) is 18.1. The molecule has 7 nitrogen and oxygen atoms in total. The summed E-state index contributed by atoms with van der Waals surface area (Å²) < 4.78 is 42.4. The van der Waals surface area contributed by atoms with Crippen molar-refractivity contribution in [2.45, 2.75) is 25.9 Å². The predicted molar refractivity (Wildman–Crippen MR) is 141 cm³/mol. The number of carbonyl (C=O) groups is 2. The van der Waals surface area contributed by atoms with Gasteiger partial charge in [0, 0.05) is 22.2 Å². The van der Waals surface area contributed by atoms with Crippen LogP contribution >= 0.6 is 22.7 Å². The van der Waals surface area contributed by atoms with E-state index in [1.807, 2.05) is 43.3 Å². The van der Waals surface area contributed by atoms with Crippen LogP contribution in [0.3, 0.4) is 0 Å². The van der Waals surface area contributed by atoms with Gasteiger partial charge in [0.05, 0.1) is 16.1 Å². The maximum atomic E-state index is 13.9. The fourth-order valence-electron chi connectivity index (χ4n) is 3.89. The number of nitrogens with two attached hydrogens (primary N) is 1. The zero-order valence-corrected chi connectivity index (χ0v) is 21.5. The number of fused-ring (bicyclic) bond motifs is 1. The molecule has 0 aliphatic heterocycles. The number of rotatable bonds is 7. The Morgan fingerprint density at radius 1 is 1.03 bits per heavy atom. The third kappa shape index (κ3) is 5.18. The quantitative estimate of drug-likeness (QED) is 0.256. The molecule has 2 amide bonds. The Morgan fingerprint density at radius 3 is 2.45 bits per heavy atom. The molecule has 0 aliphatic carbocycles. The number of nitrogens with zero attached hydrogens (tertiary/aromatic N) is 3. The van der Waals surface area contributed by atoms with Crippen molar-refractivity contribution in [2.75, 3.05) is 5.32 Å². The van der Waals surface area contributed by atoms with Crippen molar-refractivity contribution in [3.05, 3.63) is 92.9 Å². The molecule has 5 rings (SSSR count). The number of hydrogen-bond donors (Lipinski definition) is 2. The van der Waals surface area contributed by atoms with Crippen molar-refractivity contribution < 1.29 is 22.8 Å². The van der Waals surface area contributed by atoms with E-state index in [-0.39, 0.29) is 27.6 Å². The maximum Gasteiger partial charge on any atom is 0.433 e. The van der Waals surface area contributed by atoms with Gasteiger partial charge >= 0.3 is 6.18 Å². The van der Waals surface area contributed by atoms with E-state index in [9.17, 15) is 22.8 Å². The van der Waals surface area contributed by atoms with Crippen molar-refractivity contribution in [1.82, 2.24) is 14.6 Å². The molecule has 1 aromatic carbocycles. The second-order valence-electron chi connectivity index (χ2n) is 8.38. The zero-order chi connectivity index (χ0) is 27.0. The number of primary amides is 1. The number of alkyl halides is 3. The highest BCUT2D eigenvalue weighted by Gasteiger charge is 2.36. The van der Waals surface area contributed by atoms with Crippen LogP contribution in [0.25, 0.3) is 16.2 Å². The molecule has 194 valence electrons. The minimum absolute atomic E-state index is 0.110. The van der Waals surface area contributed by atoms with E-state index in [4.69, 9.17) is 5.73 Å². The second-order valence-corrected chi connectivity index (χ2v) is 10.7. The highest BCUT2D eigenvalue weighted by Crippen LogP contribution is 2.35. The van der Waals surface area contributed by atoms with Gasteiger partial charge in [-0.25, -0.2) is 9.50 Å². The molecule has 0 aliphatic rings. The monoisotopic (exact) mass is 555 g/mol. The summed E-state index contributed by atoms with van der Waals surface area (Å²) in [5, 5.41) is 6.68. The molecule has 3 N–H and O–H groups in total. The van der Waals surface area contributed by atoms with Crippen molar-refractivity contribution in [3.8, 4) is 10.6 Å². The van der Waals surface area contributed by atoms with Gasteiger partial charge < -0.3 is 11.1 Å². The molecular formula is C26H20F3N5O2S2. The highest BCUT2D eigenvalue weighted by molar-refractivity contribution is 7.16. The lowest BCUT2D eigenvalue weighted by Crippen LogP contribution is -2.17. The number of benzene rings is 1. The van der Waals surface area contributed by atoms with Gasteiger partial charge in [-0.05, 0) is 36.2 Å². The largest absolute Gasteiger partial charge is 0.433 e. The number of nitrogens with one attached hydrogen (secondary N) is 1. The number of hydrogen-bond acceptors (Lipinski definition) is 6. The SMILES string of the molecule is CCc1ccc(-c2cc(C(F)(F)F)n3nc(C(=O)Nc4sc(Cc5ccccc5)cc4C(N)=O)cc3n2)s1. The Balaban J connectivity index is 1.49. The van der Waals surface area contributed by atoms with E-state index in [0.717, 1.165) is 39.1 Å². The number of amides is 2. The average molecular weight is 556 g/mol. The lowest BCUT2D eigenvalue weighted by molar-refractivity contribution is -0.142. The third-order valence-corrected chi connectivity index (χ3v) is 8.01. The van der Waals surface area contributed by atoms with E-state index in [1.165, 1.54) is 17.4 Å². The highest BCUT2D eigenvalue weighted by atomic mass is 32.1. The molecule has 0 atom stereocenters. The lowest BCUT2D eigenvalue weighted by Gasteiger charge is -2.10. The van der Waals surface area contributed by atoms with Gasteiger partial charge in [0.1, 0.15) is 5.00 Å². The molecule has 4 aromatic heterocycles. The number of carbonyl (C=O) groups excluding carboxylic acids is 2. The molecule has 38 heavy (non-hydrogen) atoms. The molecule has 0 bridgehead atoms. The summed E-state index contributed by atoms with van der Waals surface area (Å²) in [7, 11) is 0. The van der Waals surface area contributed by atoms with Crippen LogP contribution < -0.4 is 11.1 Å². The van der Waals surface area contributed by atoms with E-state index in [0.29, 0.717) is 15.8 Å². The third-order valence-electron chi connectivity index (χ3n) is 5.71. The van der Waals surface area contributed by atoms with Crippen molar-refractivity contribution >= 4 is 45.1 Å². The van der Waals surface area contributed by atoms with Gasteiger partial charge in [-0.15, -0.1) is 22.7 Å². The summed E-state index contributed by atoms with van der Waals surface area (Å²) in [6.07, 6.45) is -3.47. The van der Waals surface area contributed by atoms with Gasteiger partial charge in [0.25, 0.3) is 11.8 Å². The molecular weight excluding hydrogens is 535 g/mol. The second kappa shape index (κ2) is 10.0. The Bertz CT molecular complexity index is 1650. The summed E-state index contributed by atoms with van der Waals surface area (Å²) in [6, 6.07) is 16.8. The first-order valence-electron chi connectivity index (χ1n) is 11.5. The zero-order valence-electron chi connectivity index (χ0n) is 19.9. The average Bonchev–Trinajstić information content (AvgIpc) is 3.61. The fraction of sp³-hybridized carbons (Fsp3) is 0.154. The Hall–Kier alpha value is -4.03. The van der Waals surface area contributed by atoms with Gasteiger partial charge in [0.15, 0.2) is 17.0 Å². The first kappa shape index (κ1) is 25.6. The summed E-state index contributed by atoms with van der Waals surface area (Å²) in [4.78, 5) is 31.8. The number of halogens is 3. The summed E-state index contributed by atoms with van der Waals surface area (Å²) in [5.74, 6) is -1.52. The van der Waals surface area contributed by atoms with Gasteiger partial charge in [-0.1, -0.05) is 37.3 Å². The van der Waals surface area contributed by atoms with Crippen LogP contribution in [0.2, 0.25) is 0 Å². The van der Waals surface area contributed by atoms with Crippen LogP contribution in [0.4, 0.5) is 18.2 Å². The van der Waals surface area contributed by atoms with Crippen molar-refractivity contribution in [3.63, 3.8) is 0 Å². The number of aryl methyl sites for hydroxylation is 1. The molecule has 0 fully saturated rings. The van der Waals surface area contributed by atoms with E-state index >= 15 is 0 Å². The van der Waals surface area contributed by atoms with Gasteiger partial charge in [0.2, 0.25) is 0 Å². The smallest absolute Gasteiger partial charge is 0.366 e. The topological polar surface area (TPSA) is 102 Å². The molecule has 0 saturated heterocycles. The van der Waals surface area contributed by atoms with Crippen molar-refractivity contribution in [2.24, 2.45) is 5.73 Å². The lowest BCUT2D eigenvalue weighted by atomic mass is 10.1. The number of anilines is 1. The first-order valence-corrected chi connectivity index (χ1v) is 13.1. The minimum atomic E-state index is -4.74. The maximum absolute atomic E-state index is 13.9. The molecule has 5 aromatic rings. The van der Waals surface area contributed by atoms with E-state index < -0.39 is 23.7 Å². The summed E-state index contributed by atoms with van der Waals surface area (Å²) in [6.45, 7) is 1.96. The standard InChI is InChI=1S/C26H20F3N5O2S2/c1-2-15-8-9-20(37-15)18-12-21(26(27,28)29)34-22(31-18)13-19(33-34)24(36)32-25-17(23(30)35)11-16(38-25)10-14-6-4-3-5-7-14/h3-9,11-13H,2,10H2,1H3,(H2,30,35)(H,32,36). The van der Waals surface area contributed by atoms with E-state index in [1.54, 1.807) is 12.1 Å². The molecule has 0 unspecified atom stereocenters. The van der Waals surface area contributed by atoms with Crippen molar-refractivity contribution in [1.29, 1.82) is 0 Å².